The predicted molar refractivity (Wildman–Crippen MR) is 81.9 cm³/mol. The van der Waals surface area contributed by atoms with Crippen LogP contribution in [0, 0.1) is 20.8 Å². The zero-order valence-electron chi connectivity index (χ0n) is 12.7. The summed E-state index contributed by atoms with van der Waals surface area (Å²) in [5.41, 5.74) is 1.88. The Balaban J connectivity index is 2.25. The molecule has 0 aliphatic carbocycles. The Morgan fingerprint density at radius 2 is 2.00 bits per heavy atom. The van der Waals surface area contributed by atoms with Crippen molar-refractivity contribution >= 4 is 23.4 Å². The first kappa shape index (κ1) is 17.4. The van der Waals surface area contributed by atoms with Crippen LogP contribution in [0.1, 0.15) is 27.4 Å². The fourth-order valence-corrected chi connectivity index (χ4v) is 2.77. The van der Waals surface area contributed by atoms with Crippen LogP contribution in [0.3, 0.4) is 0 Å². The lowest BCUT2D eigenvalue weighted by Crippen LogP contribution is -2.15. The Morgan fingerprint density at radius 1 is 1.30 bits per heavy atom. The fraction of sp³-hybridized carbons (Fsp3) is 0.333. The predicted octanol–water partition coefficient (Wildman–Crippen LogP) is 4.51. The van der Waals surface area contributed by atoms with Gasteiger partial charge in [-0.25, -0.2) is 0 Å². The van der Waals surface area contributed by atoms with Gasteiger partial charge in [0.1, 0.15) is 11.3 Å². The Hall–Kier alpha value is -1.96. The number of benzene rings is 1. The number of nitrogens with zero attached hydrogens (tertiary/aromatic N) is 1. The zero-order valence-corrected chi connectivity index (χ0v) is 13.6. The highest BCUT2D eigenvalue weighted by Crippen LogP contribution is 2.33. The molecule has 0 aliphatic rings. The van der Waals surface area contributed by atoms with Gasteiger partial charge < -0.3 is 9.84 Å². The van der Waals surface area contributed by atoms with Gasteiger partial charge in [0, 0.05) is 4.90 Å². The third-order valence-corrected chi connectivity index (χ3v) is 4.17. The van der Waals surface area contributed by atoms with E-state index in [1.807, 2.05) is 0 Å². The summed E-state index contributed by atoms with van der Waals surface area (Å²) < 4.78 is 42.2. The van der Waals surface area contributed by atoms with Gasteiger partial charge in [-0.2, -0.15) is 13.2 Å². The monoisotopic (exact) mass is 344 g/mol. The number of nitrogens with one attached hydrogen (secondary N) is 1. The molecule has 2 aromatic rings. The summed E-state index contributed by atoms with van der Waals surface area (Å²) in [4.78, 5) is 12.7. The molecule has 1 aromatic heterocycles. The normalized spacial score (nSPS) is 11.6. The molecule has 8 heteroatoms. The van der Waals surface area contributed by atoms with Crippen molar-refractivity contribution in [2.24, 2.45) is 0 Å². The summed E-state index contributed by atoms with van der Waals surface area (Å²) >= 11 is 0.632. The lowest BCUT2D eigenvalue weighted by molar-refractivity contribution is -0.105. The molecule has 0 unspecified atom stereocenters. The van der Waals surface area contributed by atoms with Crippen LogP contribution < -0.4 is 5.32 Å². The number of hydrogen-bond donors (Lipinski definition) is 1. The van der Waals surface area contributed by atoms with E-state index in [4.69, 9.17) is 4.52 Å². The van der Waals surface area contributed by atoms with Crippen molar-refractivity contribution in [1.29, 1.82) is 0 Å². The number of aromatic nitrogens is 1. The number of halogens is 3. The van der Waals surface area contributed by atoms with Crippen molar-refractivity contribution in [3.63, 3.8) is 0 Å². The van der Waals surface area contributed by atoms with Gasteiger partial charge in [0.25, 0.3) is 5.91 Å². The summed E-state index contributed by atoms with van der Waals surface area (Å²) in [5.74, 6) is -1.12. The standard InChI is InChI=1S/C15H15F3N2O2S/c1-8-4-5-12(23-7-15(16,17)18)11(6-8)19-14(21)13-9(2)20-22-10(13)3/h4-6H,7H2,1-3H3,(H,19,21). The molecule has 0 atom stereocenters. The van der Waals surface area contributed by atoms with Crippen LogP contribution in [0.5, 0.6) is 0 Å². The van der Waals surface area contributed by atoms with E-state index in [-0.39, 0.29) is 0 Å². The molecular weight excluding hydrogens is 329 g/mol. The van der Waals surface area contributed by atoms with Crippen LogP contribution in [0.15, 0.2) is 27.6 Å². The molecule has 4 nitrogen and oxygen atoms in total. The summed E-state index contributed by atoms with van der Waals surface area (Å²) in [5, 5.41) is 6.34. The number of anilines is 1. The summed E-state index contributed by atoms with van der Waals surface area (Å²) in [7, 11) is 0. The minimum absolute atomic E-state index is 0.290. The van der Waals surface area contributed by atoms with Gasteiger partial charge in [0.05, 0.1) is 17.1 Å². The minimum Gasteiger partial charge on any atom is -0.361 e. The fourth-order valence-electron chi connectivity index (χ4n) is 2.02. The minimum atomic E-state index is -4.28. The average molecular weight is 344 g/mol. The van der Waals surface area contributed by atoms with Gasteiger partial charge in [0.2, 0.25) is 0 Å². The first-order valence-corrected chi connectivity index (χ1v) is 7.70. The average Bonchev–Trinajstić information content (AvgIpc) is 2.76. The summed E-state index contributed by atoms with van der Waals surface area (Å²) in [6, 6.07) is 4.90. The molecule has 0 aliphatic heterocycles. The van der Waals surface area contributed by atoms with E-state index in [2.05, 4.69) is 10.5 Å². The van der Waals surface area contributed by atoms with Crippen molar-refractivity contribution < 1.29 is 22.5 Å². The molecule has 0 saturated carbocycles. The molecule has 1 aromatic carbocycles. The number of alkyl halides is 3. The molecule has 23 heavy (non-hydrogen) atoms. The van der Waals surface area contributed by atoms with Gasteiger partial charge in [-0.1, -0.05) is 11.2 Å². The molecule has 2 rings (SSSR count). The van der Waals surface area contributed by atoms with Crippen molar-refractivity contribution in [2.75, 3.05) is 11.1 Å². The molecule has 1 heterocycles. The van der Waals surface area contributed by atoms with Crippen LogP contribution in [0.4, 0.5) is 18.9 Å². The van der Waals surface area contributed by atoms with Crippen LogP contribution in [0.2, 0.25) is 0 Å². The van der Waals surface area contributed by atoms with Gasteiger partial charge in [-0.05, 0) is 38.5 Å². The number of amides is 1. The maximum atomic E-state index is 12.4. The number of carbonyl (C=O) groups is 1. The van der Waals surface area contributed by atoms with Gasteiger partial charge >= 0.3 is 6.18 Å². The van der Waals surface area contributed by atoms with E-state index in [1.54, 1.807) is 39.0 Å². The Labute approximate surface area is 135 Å². The maximum Gasteiger partial charge on any atom is 0.398 e. The van der Waals surface area contributed by atoms with Gasteiger partial charge in [-0.3, -0.25) is 4.79 Å². The quantitative estimate of drug-likeness (QED) is 0.830. The van der Waals surface area contributed by atoms with E-state index in [0.717, 1.165) is 5.56 Å². The first-order valence-electron chi connectivity index (χ1n) is 6.72. The molecular formula is C15H15F3N2O2S. The lowest BCUT2D eigenvalue weighted by atomic mass is 10.1. The first-order chi connectivity index (χ1) is 10.7. The summed E-state index contributed by atoms with van der Waals surface area (Å²) in [6.07, 6.45) is -4.28. The third kappa shape index (κ3) is 4.51. The Bertz CT molecular complexity index is 706. The van der Waals surface area contributed by atoms with Crippen molar-refractivity contribution in [3.05, 3.63) is 40.8 Å². The second-order valence-corrected chi connectivity index (χ2v) is 6.07. The molecule has 0 fully saturated rings. The third-order valence-electron chi connectivity index (χ3n) is 3.04. The lowest BCUT2D eigenvalue weighted by Gasteiger charge is -2.13. The molecule has 124 valence electrons. The Morgan fingerprint density at radius 3 is 2.57 bits per heavy atom. The number of carbonyl (C=O) groups excluding carboxylic acids is 1. The highest BCUT2D eigenvalue weighted by Gasteiger charge is 2.28. The molecule has 1 amide bonds. The number of aryl methyl sites for hydroxylation is 3. The molecule has 0 bridgehead atoms. The van der Waals surface area contributed by atoms with E-state index in [0.29, 0.717) is 39.4 Å². The van der Waals surface area contributed by atoms with E-state index < -0.39 is 17.8 Å². The topological polar surface area (TPSA) is 55.1 Å². The van der Waals surface area contributed by atoms with Crippen LogP contribution in [-0.4, -0.2) is 23.0 Å². The number of rotatable bonds is 4. The van der Waals surface area contributed by atoms with E-state index in [1.165, 1.54) is 0 Å². The van der Waals surface area contributed by atoms with Gasteiger partial charge in [0.15, 0.2) is 0 Å². The molecule has 0 spiro atoms. The second-order valence-electron chi connectivity index (χ2n) is 5.06. The van der Waals surface area contributed by atoms with Crippen molar-refractivity contribution in [1.82, 2.24) is 5.16 Å². The SMILES string of the molecule is Cc1ccc(SCC(F)(F)F)c(NC(=O)c2c(C)noc2C)c1. The Kier molecular flexibility index (Phi) is 5.03. The zero-order chi connectivity index (χ0) is 17.2. The van der Waals surface area contributed by atoms with Crippen molar-refractivity contribution in [3.8, 4) is 0 Å². The molecule has 0 saturated heterocycles. The maximum absolute atomic E-state index is 12.4. The number of hydrogen-bond acceptors (Lipinski definition) is 4. The summed E-state index contributed by atoms with van der Waals surface area (Å²) in [6.45, 7) is 5.02. The van der Waals surface area contributed by atoms with E-state index in [9.17, 15) is 18.0 Å². The smallest absolute Gasteiger partial charge is 0.361 e. The van der Waals surface area contributed by atoms with Crippen LogP contribution in [-0.2, 0) is 0 Å². The highest BCUT2D eigenvalue weighted by molar-refractivity contribution is 7.99. The van der Waals surface area contributed by atoms with Crippen LogP contribution >= 0.6 is 11.8 Å². The van der Waals surface area contributed by atoms with Crippen LogP contribution in [0.25, 0.3) is 0 Å². The molecule has 0 radical (unpaired) electrons. The second kappa shape index (κ2) is 6.66. The van der Waals surface area contributed by atoms with E-state index >= 15 is 0 Å². The molecule has 1 N–H and O–H groups in total. The highest BCUT2D eigenvalue weighted by atomic mass is 32.2. The largest absolute Gasteiger partial charge is 0.398 e. The van der Waals surface area contributed by atoms with Crippen molar-refractivity contribution in [2.45, 2.75) is 31.8 Å². The van der Waals surface area contributed by atoms with Gasteiger partial charge in [-0.15, -0.1) is 11.8 Å². The number of thioether (sulfide) groups is 1.